The number of hydrogen-bond donors (Lipinski definition) is 0. The summed E-state index contributed by atoms with van der Waals surface area (Å²) in [4.78, 5) is 32.2. The summed E-state index contributed by atoms with van der Waals surface area (Å²) < 4.78 is 5.57. The first kappa shape index (κ1) is 18.8. The maximum atomic E-state index is 13.2. The van der Waals surface area contributed by atoms with Gasteiger partial charge in [-0.3, -0.25) is 9.78 Å². The van der Waals surface area contributed by atoms with E-state index in [1.165, 1.54) is 0 Å². The Morgan fingerprint density at radius 3 is 2.50 bits per heavy atom. The second kappa shape index (κ2) is 7.90. The molecule has 3 aromatic rings. The van der Waals surface area contributed by atoms with Gasteiger partial charge in [-0.1, -0.05) is 48.5 Å². The number of ketones is 1. The Labute approximate surface area is 175 Å². The molecule has 2 bridgehead atoms. The summed E-state index contributed by atoms with van der Waals surface area (Å²) in [5, 5.41) is 1.03. The molecule has 2 aromatic carbocycles. The third-order valence-electron chi connectivity index (χ3n) is 6.41. The number of rotatable bonds is 4. The fraction of sp³-hybridized carbons (Fsp3) is 0.320. The molecule has 0 radical (unpaired) electrons. The average molecular weight is 400 g/mol. The molecule has 2 fully saturated rings. The number of carbonyl (C=O) groups is 2. The average Bonchev–Trinajstić information content (AvgIpc) is 3.06. The SMILES string of the molecule is O=C(c1ccc2cccnc2c1)C1CC2CCC(C1)N2C(=O)OCc1ccccc1. The van der Waals surface area contributed by atoms with Crippen molar-refractivity contribution in [3.63, 3.8) is 0 Å². The topological polar surface area (TPSA) is 59.5 Å². The van der Waals surface area contributed by atoms with E-state index in [0.29, 0.717) is 18.4 Å². The monoisotopic (exact) mass is 400 g/mol. The number of fused-ring (bicyclic) bond motifs is 3. The van der Waals surface area contributed by atoms with Crippen LogP contribution in [0.1, 0.15) is 41.6 Å². The van der Waals surface area contributed by atoms with E-state index >= 15 is 0 Å². The van der Waals surface area contributed by atoms with Gasteiger partial charge in [0, 0.05) is 35.1 Å². The van der Waals surface area contributed by atoms with Crippen LogP contribution in [-0.4, -0.2) is 33.8 Å². The van der Waals surface area contributed by atoms with Crippen molar-refractivity contribution in [3.8, 4) is 0 Å². The minimum atomic E-state index is -0.257. The highest BCUT2D eigenvalue weighted by Gasteiger charge is 2.45. The normalized spacial score (nSPS) is 22.8. The van der Waals surface area contributed by atoms with E-state index in [2.05, 4.69) is 4.98 Å². The summed E-state index contributed by atoms with van der Waals surface area (Å²) in [5.74, 6) is 0.110. The molecule has 2 aliphatic heterocycles. The zero-order valence-electron chi connectivity index (χ0n) is 16.7. The molecular formula is C25H24N2O3. The van der Waals surface area contributed by atoms with Crippen LogP contribution in [0.25, 0.3) is 10.9 Å². The van der Waals surface area contributed by atoms with E-state index in [9.17, 15) is 9.59 Å². The molecule has 5 nitrogen and oxygen atoms in total. The lowest BCUT2D eigenvalue weighted by Gasteiger charge is -2.37. The molecule has 30 heavy (non-hydrogen) atoms. The van der Waals surface area contributed by atoms with E-state index < -0.39 is 0 Å². The number of amides is 1. The van der Waals surface area contributed by atoms with E-state index in [-0.39, 0.29) is 36.5 Å². The maximum Gasteiger partial charge on any atom is 0.410 e. The first-order chi connectivity index (χ1) is 14.7. The standard InChI is InChI=1S/C25H24N2O3/c28-24(19-9-8-18-7-4-12-26-23(18)15-19)20-13-21-10-11-22(14-20)27(21)25(29)30-16-17-5-2-1-3-6-17/h1-9,12,15,20-22H,10-11,13-14,16H2. The van der Waals surface area contributed by atoms with Gasteiger partial charge in [0.15, 0.2) is 5.78 Å². The van der Waals surface area contributed by atoms with Crippen LogP contribution in [-0.2, 0) is 11.3 Å². The van der Waals surface area contributed by atoms with Crippen LogP contribution in [0.5, 0.6) is 0 Å². The molecule has 2 aliphatic rings. The summed E-state index contributed by atoms with van der Waals surface area (Å²) in [6.07, 6.45) is 4.78. The minimum Gasteiger partial charge on any atom is -0.445 e. The highest BCUT2D eigenvalue weighted by Crippen LogP contribution is 2.40. The molecule has 2 atom stereocenters. The van der Waals surface area contributed by atoms with Gasteiger partial charge in [0.25, 0.3) is 0 Å². The Kier molecular flexibility index (Phi) is 4.95. The number of Topliss-reactive ketones (excluding diaryl/α,β-unsaturated/α-hetero) is 1. The highest BCUT2D eigenvalue weighted by atomic mass is 16.6. The summed E-state index contributed by atoms with van der Waals surface area (Å²) in [6, 6.07) is 19.5. The van der Waals surface area contributed by atoms with Gasteiger partial charge in [-0.25, -0.2) is 4.79 Å². The molecule has 0 aliphatic carbocycles. The number of pyridine rings is 1. The largest absolute Gasteiger partial charge is 0.445 e. The summed E-state index contributed by atoms with van der Waals surface area (Å²) in [5.41, 5.74) is 2.53. The second-order valence-corrected chi connectivity index (χ2v) is 8.28. The zero-order valence-corrected chi connectivity index (χ0v) is 16.7. The second-order valence-electron chi connectivity index (χ2n) is 8.28. The van der Waals surface area contributed by atoms with Crippen molar-refractivity contribution in [1.82, 2.24) is 9.88 Å². The van der Waals surface area contributed by atoms with Crippen molar-refractivity contribution in [2.45, 2.75) is 44.4 Å². The van der Waals surface area contributed by atoms with Crippen molar-refractivity contribution in [2.24, 2.45) is 5.92 Å². The Morgan fingerprint density at radius 2 is 1.73 bits per heavy atom. The van der Waals surface area contributed by atoms with Crippen LogP contribution in [0.4, 0.5) is 4.79 Å². The first-order valence-corrected chi connectivity index (χ1v) is 10.6. The number of benzene rings is 2. The Bertz CT molecular complexity index is 1070. The summed E-state index contributed by atoms with van der Waals surface area (Å²) in [6.45, 7) is 0.280. The molecule has 5 rings (SSSR count). The lowest BCUT2D eigenvalue weighted by Crippen LogP contribution is -2.48. The first-order valence-electron chi connectivity index (χ1n) is 10.6. The van der Waals surface area contributed by atoms with E-state index in [0.717, 1.165) is 29.3 Å². The third-order valence-corrected chi connectivity index (χ3v) is 6.41. The molecule has 152 valence electrons. The van der Waals surface area contributed by atoms with Gasteiger partial charge in [0.1, 0.15) is 6.61 Å². The third kappa shape index (κ3) is 3.56. The van der Waals surface area contributed by atoms with Crippen molar-refractivity contribution in [1.29, 1.82) is 0 Å². The fourth-order valence-electron chi connectivity index (χ4n) is 4.94. The lowest BCUT2D eigenvalue weighted by molar-refractivity contribution is 0.0485. The predicted octanol–water partition coefficient (Wildman–Crippen LogP) is 5.00. The Morgan fingerprint density at radius 1 is 0.967 bits per heavy atom. The van der Waals surface area contributed by atoms with Crippen molar-refractivity contribution in [3.05, 3.63) is 78.0 Å². The van der Waals surface area contributed by atoms with Gasteiger partial charge < -0.3 is 9.64 Å². The number of hydrogen-bond acceptors (Lipinski definition) is 4. The van der Waals surface area contributed by atoms with Crippen molar-refractivity contribution >= 4 is 22.8 Å². The summed E-state index contributed by atoms with van der Waals surface area (Å²) in [7, 11) is 0. The molecule has 0 saturated carbocycles. The molecule has 3 heterocycles. The van der Waals surface area contributed by atoms with Crippen LogP contribution in [0.15, 0.2) is 66.9 Å². The molecule has 1 aromatic heterocycles. The molecule has 2 unspecified atom stereocenters. The van der Waals surface area contributed by atoms with Crippen LogP contribution < -0.4 is 0 Å². The van der Waals surface area contributed by atoms with E-state index in [4.69, 9.17) is 4.74 Å². The van der Waals surface area contributed by atoms with Crippen molar-refractivity contribution < 1.29 is 14.3 Å². The Hall–Kier alpha value is -3.21. The van der Waals surface area contributed by atoms with Gasteiger partial charge in [-0.15, -0.1) is 0 Å². The number of carbonyl (C=O) groups excluding carboxylic acids is 2. The van der Waals surface area contributed by atoms with Gasteiger partial charge >= 0.3 is 6.09 Å². The van der Waals surface area contributed by atoms with Crippen LogP contribution in [0.3, 0.4) is 0 Å². The molecule has 1 amide bonds. The molecule has 0 N–H and O–H groups in total. The van der Waals surface area contributed by atoms with Gasteiger partial charge in [0.2, 0.25) is 0 Å². The number of piperidine rings is 1. The number of aromatic nitrogens is 1. The van der Waals surface area contributed by atoms with E-state index in [1.54, 1.807) is 6.20 Å². The molecule has 2 saturated heterocycles. The Balaban J connectivity index is 1.26. The maximum absolute atomic E-state index is 13.2. The van der Waals surface area contributed by atoms with Gasteiger partial charge in [0.05, 0.1) is 5.52 Å². The fourth-order valence-corrected chi connectivity index (χ4v) is 4.94. The lowest BCUT2D eigenvalue weighted by atomic mass is 9.84. The van der Waals surface area contributed by atoms with Crippen LogP contribution in [0, 0.1) is 5.92 Å². The van der Waals surface area contributed by atoms with E-state index in [1.807, 2.05) is 65.6 Å². The minimum absolute atomic E-state index is 0.0539. The zero-order chi connectivity index (χ0) is 20.5. The highest BCUT2D eigenvalue weighted by molar-refractivity contribution is 6.00. The smallest absolute Gasteiger partial charge is 0.410 e. The quantitative estimate of drug-likeness (QED) is 0.579. The predicted molar refractivity (Wildman–Crippen MR) is 114 cm³/mol. The molecule has 5 heteroatoms. The number of ether oxygens (including phenoxy) is 1. The van der Waals surface area contributed by atoms with Crippen LogP contribution in [0.2, 0.25) is 0 Å². The molecule has 0 spiro atoms. The van der Waals surface area contributed by atoms with Gasteiger partial charge in [-0.05, 0) is 43.4 Å². The molecular weight excluding hydrogens is 376 g/mol. The van der Waals surface area contributed by atoms with Gasteiger partial charge in [-0.2, -0.15) is 0 Å². The van der Waals surface area contributed by atoms with Crippen LogP contribution >= 0.6 is 0 Å². The van der Waals surface area contributed by atoms with Crippen molar-refractivity contribution in [2.75, 3.05) is 0 Å². The number of nitrogens with zero attached hydrogens (tertiary/aromatic N) is 2. The summed E-state index contributed by atoms with van der Waals surface area (Å²) >= 11 is 0.